The third kappa shape index (κ3) is 4.05. The van der Waals surface area contributed by atoms with E-state index in [9.17, 15) is 0 Å². The van der Waals surface area contributed by atoms with E-state index in [1.54, 1.807) is 26.0 Å². The summed E-state index contributed by atoms with van der Waals surface area (Å²) >= 11 is 1.76. The number of benzene rings is 1. The van der Waals surface area contributed by atoms with E-state index < -0.39 is 0 Å². The molecule has 1 N–H and O–H groups in total. The Hall–Kier alpha value is -0.910. The van der Waals surface area contributed by atoms with Crippen LogP contribution < -0.4 is 14.8 Å². The largest absolute Gasteiger partial charge is 0.493 e. The molecule has 1 aromatic carbocycles. The molecule has 0 saturated carbocycles. The predicted octanol–water partition coefficient (Wildman–Crippen LogP) is 2.61. The smallest absolute Gasteiger partial charge is 0.161 e. The Balaban J connectivity index is 2.18. The number of likely N-dealkylation sites (N-methyl/N-ethyl adjacent to an activating group) is 1. The maximum Gasteiger partial charge on any atom is 0.161 e. The van der Waals surface area contributed by atoms with Crippen LogP contribution in [0.15, 0.2) is 17.0 Å². The summed E-state index contributed by atoms with van der Waals surface area (Å²) in [6.07, 6.45) is 4.64. The Labute approximate surface area is 132 Å². The second kappa shape index (κ2) is 7.92. The average molecular weight is 310 g/mol. The highest BCUT2D eigenvalue weighted by Crippen LogP contribution is 2.35. The Morgan fingerprint density at radius 2 is 2.00 bits per heavy atom. The van der Waals surface area contributed by atoms with Crippen molar-refractivity contribution in [1.29, 1.82) is 0 Å². The van der Waals surface area contributed by atoms with E-state index in [2.05, 4.69) is 35.7 Å². The molecule has 0 amide bonds. The highest BCUT2D eigenvalue weighted by Gasteiger charge is 2.20. The molecular formula is C16H26N2O2S. The molecule has 1 fully saturated rings. The van der Waals surface area contributed by atoms with Crippen LogP contribution in [0.2, 0.25) is 0 Å². The molecule has 21 heavy (non-hydrogen) atoms. The van der Waals surface area contributed by atoms with E-state index >= 15 is 0 Å². The molecule has 1 aliphatic heterocycles. The lowest BCUT2D eigenvalue weighted by molar-refractivity contribution is 0.186. The van der Waals surface area contributed by atoms with Gasteiger partial charge < -0.3 is 14.8 Å². The van der Waals surface area contributed by atoms with Crippen LogP contribution in [0, 0.1) is 0 Å². The van der Waals surface area contributed by atoms with E-state index in [0.717, 1.165) is 24.6 Å². The van der Waals surface area contributed by atoms with Gasteiger partial charge in [0.1, 0.15) is 0 Å². The van der Waals surface area contributed by atoms with Gasteiger partial charge in [-0.1, -0.05) is 0 Å². The second-order valence-electron chi connectivity index (χ2n) is 5.38. The lowest BCUT2D eigenvalue weighted by atomic mass is 10.0. The van der Waals surface area contributed by atoms with Gasteiger partial charge in [0.25, 0.3) is 0 Å². The van der Waals surface area contributed by atoms with Crippen LogP contribution >= 0.6 is 11.8 Å². The van der Waals surface area contributed by atoms with Crippen molar-refractivity contribution in [2.45, 2.75) is 30.3 Å². The third-order valence-corrected chi connectivity index (χ3v) is 4.91. The standard InChI is InChI=1S/C16H26N2O2S/c1-17-13-6-5-7-18(11-13)10-12-8-14(19-2)15(20-3)9-16(12)21-4/h8-9,13,17H,5-7,10-11H2,1-4H3. The summed E-state index contributed by atoms with van der Waals surface area (Å²) in [5.41, 5.74) is 1.32. The van der Waals surface area contributed by atoms with Gasteiger partial charge in [0, 0.05) is 24.0 Å². The molecule has 1 aromatic rings. The van der Waals surface area contributed by atoms with Gasteiger partial charge in [-0.05, 0) is 50.4 Å². The third-order valence-electron chi connectivity index (χ3n) is 4.09. The molecule has 2 rings (SSSR count). The van der Waals surface area contributed by atoms with Crippen molar-refractivity contribution in [3.8, 4) is 11.5 Å². The van der Waals surface area contributed by atoms with Gasteiger partial charge >= 0.3 is 0 Å². The zero-order valence-corrected chi connectivity index (χ0v) is 14.3. The molecule has 0 bridgehead atoms. The number of nitrogens with one attached hydrogen (secondary N) is 1. The number of nitrogens with zero attached hydrogens (tertiary/aromatic N) is 1. The lowest BCUT2D eigenvalue weighted by Crippen LogP contribution is -2.43. The van der Waals surface area contributed by atoms with Gasteiger partial charge in [0.15, 0.2) is 11.5 Å². The SMILES string of the molecule is CNC1CCCN(Cc2cc(OC)c(OC)cc2SC)C1. The number of ether oxygens (including phenoxy) is 2. The summed E-state index contributed by atoms with van der Waals surface area (Å²) in [4.78, 5) is 3.78. The molecule has 0 radical (unpaired) electrons. The van der Waals surface area contributed by atoms with Gasteiger partial charge in [0.2, 0.25) is 0 Å². The first-order chi connectivity index (χ1) is 10.2. The minimum absolute atomic E-state index is 0.608. The molecule has 0 aliphatic carbocycles. The first-order valence-electron chi connectivity index (χ1n) is 7.40. The van der Waals surface area contributed by atoms with Crippen LogP contribution in [0.1, 0.15) is 18.4 Å². The van der Waals surface area contributed by atoms with Crippen molar-refractivity contribution < 1.29 is 9.47 Å². The van der Waals surface area contributed by atoms with E-state index in [1.807, 2.05) is 0 Å². The molecule has 0 aromatic heterocycles. The maximum absolute atomic E-state index is 5.44. The minimum atomic E-state index is 0.608. The van der Waals surface area contributed by atoms with Crippen LogP contribution in [0.25, 0.3) is 0 Å². The van der Waals surface area contributed by atoms with Crippen LogP contribution in [-0.2, 0) is 6.54 Å². The zero-order valence-electron chi connectivity index (χ0n) is 13.4. The molecule has 1 heterocycles. The number of thioether (sulfide) groups is 1. The summed E-state index contributed by atoms with van der Waals surface area (Å²) in [5.74, 6) is 1.62. The molecule has 1 unspecified atom stereocenters. The van der Waals surface area contributed by atoms with E-state index in [1.165, 1.54) is 29.8 Å². The van der Waals surface area contributed by atoms with Crippen molar-refractivity contribution >= 4 is 11.8 Å². The minimum Gasteiger partial charge on any atom is -0.493 e. The van der Waals surface area contributed by atoms with Crippen molar-refractivity contribution in [3.05, 3.63) is 17.7 Å². The Bertz CT molecular complexity index is 468. The number of likely N-dealkylation sites (tertiary alicyclic amines) is 1. The van der Waals surface area contributed by atoms with Gasteiger partial charge in [-0.3, -0.25) is 4.90 Å². The predicted molar refractivity (Wildman–Crippen MR) is 88.7 cm³/mol. The van der Waals surface area contributed by atoms with Crippen LogP contribution in [-0.4, -0.2) is 51.6 Å². The monoisotopic (exact) mass is 310 g/mol. The molecule has 1 aliphatic rings. The second-order valence-corrected chi connectivity index (χ2v) is 6.23. The van der Waals surface area contributed by atoms with Gasteiger partial charge in [-0.25, -0.2) is 0 Å². The maximum atomic E-state index is 5.44. The normalized spacial score (nSPS) is 19.5. The van der Waals surface area contributed by atoms with Crippen LogP contribution in [0.4, 0.5) is 0 Å². The van der Waals surface area contributed by atoms with Gasteiger partial charge in [-0.2, -0.15) is 0 Å². The first-order valence-corrected chi connectivity index (χ1v) is 8.62. The average Bonchev–Trinajstić information content (AvgIpc) is 2.54. The van der Waals surface area contributed by atoms with Crippen LogP contribution in [0.5, 0.6) is 11.5 Å². The van der Waals surface area contributed by atoms with E-state index in [0.29, 0.717) is 6.04 Å². The number of piperidine rings is 1. The van der Waals surface area contributed by atoms with E-state index in [4.69, 9.17) is 9.47 Å². The molecule has 118 valence electrons. The highest BCUT2D eigenvalue weighted by molar-refractivity contribution is 7.98. The van der Waals surface area contributed by atoms with Crippen molar-refractivity contribution in [2.24, 2.45) is 0 Å². The number of methoxy groups -OCH3 is 2. The van der Waals surface area contributed by atoms with Gasteiger partial charge in [0.05, 0.1) is 14.2 Å². The molecule has 1 saturated heterocycles. The molecule has 5 heteroatoms. The van der Waals surface area contributed by atoms with E-state index in [-0.39, 0.29) is 0 Å². The fourth-order valence-corrected chi connectivity index (χ4v) is 3.50. The summed E-state index contributed by atoms with van der Waals surface area (Å²) in [6, 6.07) is 4.81. The summed E-state index contributed by atoms with van der Waals surface area (Å²) in [7, 11) is 5.43. The topological polar surface area (TPSA) is 33.7 Å². The summed E-state index contributed by atoms with van der Waals surface area (Å²) < 4.78 is 10.8. The number of hydrogen-bond donors (Lipinski definition) is 1. The molecule has 1 atom stereocenters. The molecular weight excluding hydrogens is 284 g/mol. The summed E-state index contributed by atoms with van der Waals surface area (Å²) in [5, 5.41) is 3.40. The number of hydrogen-bond acceptors (Lipinski definition) is 5. The summed E-state index contributed by atoms with van der Waals surface area (Å²) in [6.45, 7) is 3.24. The van der Waals surface area contributed by atoms with Crippen molar-refractivity contribution in [3.63, 3.8) is 0 Å². The van der Waals surface area contributed by atoms with Crippen molar-refractivity contribution in [1.82, 2.24) is 10.2 Å². The van der Waals surface area contributed by atoms with Gasteiger partial charge in [-0.15, -0.1) is 11.8 Å². The Kier molecular flexibility index (Phi) is 6.21. The number of rotatable bonds is 6. The fraction of sp³-hybridized carbons (Fsp3) is 0.625. The highest BCUT2D eigenvalue weighted by atomic mass is 32.2. The fourth-order valence-electron chi connectivity index (χ4n) is 2.89. The van der Waals surface area contributed by atoms with Crippen LogP contribution in [0.3, 0.4) is 0 Å². The van der Waals surface area contributed by atoms with Crippen molar-refractivity contribution in [2.75, 3.05) is 40.6 Å². The Morgan fingerprint density at radius 3 is 2.62 bits per heavy atom. The first kappa shape index (κ1) is 16.5. The molecule has 4 nitrogen and oxygen atoms in total. The lowest BCUT2D eigenvalue weighted by Gasteiger charge is -2.33. The molecule has 0 spiro atoms. The zero-order chi connectivity index (χ0) is 15.2. The quantitative estimate of drug-likeness (QED) is 0.817. The Morgan fingerprint density at radius 1 is 1.29 bits per heavy atom.